The van der Waals surface area contributed by atoms with E-state index in [1.807, 2.05) is 0 Å². The third kappa shape index (κ3) is 13.1. The molecule has 0 unspecified atom stereocenters. The molecule has 0 atom stereocenters. The van der Waals surface area contributed by atoms with Crippen molar-refractivity contribution < 1.29 is 16.9 Å². The van der Waals surface area contributed by atoms with Crippen LogP contribution in [0, 0.1) is 0 Å². The number of halogens is 1. The lowest BCUT2D eigenvalue weighted by Crippen LogP contribution is -3.00. The average molecular weight is 210 g/mol. The molecule has 0 fully saturated rings. The Morgan fingerprint density at radius 2 is 1.42 bits per heavy atom. The van der Waals surface area contributed by atoms with E-state index in [9.17, 15) is 0 Å². The summed E-state index contributed by atoms with van der Waals surface area (Å²) in [4.78, 5) is 0. The van der Waals surface area contributed by atoms with E-state index in [1.165, 1.54) is 19.0 Å². The molecule has 0 aliphatic carbocycles. The minimum atomic E-state index is -0.767. The molecule has 0 aromatic carbocycles. The number of hydrogen-bond acceptors (Lipinski definition) is 0. The van der Waals surface area contributed by atoms with Gasteiger partial charge in [-0.1, -0.05) is 25.7 Å². The van der Waals surface area contributed by atoms with E-state index in [2.05, 4.69) is 40.8 Å². The molecule has 0 aliphatic heterocycles. The molecule has 0 radical (unpaired) electrons. The predicted octanol–water partition coefficient (Wildman–Crippen LogP) is -0.575. The van der Waals surface area contributed by atoms with Gasteiger partial charge in [0.15, 0.2) is 0 Å². The highest BCUT2D eigenvalue weighted by Gasteiger charge is 2.14. The van der Waals surface area contributed by atoms with Crippen molar-refractivity contribution in [2.75, 3.05) is 27.7 Å². The Hall–Kier alpha value is 0.467. The normalized spacial score (nSPS) is 12.5. The summed E-state index contributed by atoms with van der Waals surface area (Å²) in [5.41, 5.74) is 0. The SMILES string of the molecule is C[N+](C)(C)CCC[Si](C)(C)C.[Cl-]. The number of nitrogens with zero attached hydrogens (tertiary/aromatic N) is 1. The summed E-state index contributed by atoms with van der Waals surface area (Å²) in [5.74, 6) is 0. The molecule has 0 aliphatic rings. The highest BCUT2D eigenvalue weighted by atomic mass is 35.5. The zero-order valence-corrected chi connectivity index (χ0v) is 11.2. The molecule has 0 heterocycles. The minimum Gasteiger partial charge on any atom is -1.00 e. The van der Waals surface area contributed by atoms with E-state index < -0.39 is 8.07 Å². The first-order valence-corrected chi connectivity index (χ1v) is 8.22. The van der Waals surface area contributed by atoms with Gasteiger partial charge in [-0.05, 0) is 6.42 Å². The number of hydrogen-bond donors (Lipinski definition) is 0. The second kappa shape index (κ2) is 5.25. The summed E-state index contributed by atoms with van der Waals surface area (Å²) in [5, 5.41) is 0. The summed E-state index contributed by atoms with van der Waals surface area (Å²) in [6.45, 7) is 8.66. The fourth-order valence-corrected chi connectivity index (χ4v) is 2.30. The first-order valence-electron chi connectivity index (χ1n) is 4.51. The van der Waals surface area contributed by atoms with Crippen LogP contribution in [0.2, 0.25) is 25.7 Å². The van der Waals surface area contributed by atoms with Gasteiger partial charge in [-0.3, -0.25) is 0 Å². The summed E-state index contributed by atoms with van der Waals surface area (Å²) < 4.78 is 1.12. The van der Waals surface area contributed by atoms with E-state index in [0.717, 1.165) is 4.48 Å². The second-order valence-electron chi connectivity index (χ2n) is 5.68. The smallest absolute Gasteiger partial charge is 0.0777 e. The molecular weight excluding hydrogens is 186 g/mol. The van der Waals surface area contributed by atoms with Gasteiger partial charge in [0.25, 0.3) is 0 Å². The Kier molecular flexibility index (Phi) is 6.55. The molecule has 0 rings (SSSR count). The van der Waals surface area contributed by atoms with Gasteiger partial charge in [-0.2, -0.15) is 0 Å². The summed E-state index contributed by atoms with van der Waals surface area (Å²) in [7, 11) is 6.04. The maximum atomic E-state index is 2.45. The minimum absolute atomic E-state index is 0. The van der Waals surface area contributed by atoms with Crippen LogP contribution in [0.5, 0.6) is 0 Å². The lowest BCUT2D eigenvalue weighted by molar-refractivity contribution is -0.870. The third-order valence-corrected chi connectivity index (χ3v) is 3.61. The molecule has 0 N–H and O–H groups in total. The van der Waals surface area contributed by atoms with Gasteiger partial charge < -0.3 is 16.9 Å². The zero-order chi connectivity index (χ0) is 9.12. The number of quaternary nitrogens is 1. The summed E-state index contributed by atoms with van der Waals surface area (Å²) in [6, 6.07) is 1.47. The molecule has 0 bridgehead atoms. The Morgan fingerprint density at radius 1 is 1.00 bits per heavy atom. The molecule has 0 saturated carbocycles. The van der Waals surface area contributed by atoms with Crippen molar-refractivity contribution in [2.45, 2.75) is 32.1 Å². The molecule has 3 heteroatoms. The van der Waals surface area contributed by atoms with Crippen molar-refractivity contribution in [3.63, 3.8) is 0 Å². The van der Waals surface area contributed by atoms with Crippen molar-refractivity contribution in [3.05, 3.63) is 0 Å². The summed E-state index contributed by atoms with van der Waals surface area (Å²) in [6.07, 6.45) is 1.40. The molecule has 1 nitrogen and oxygen atoms in total. The second-order valence-corrected chi connectivity index (χ2v) is 11.3. The maximum Gasteiger partial charge on any atom is 0.0777 e. The molecular formula is C9H24ClNSi. The molecule has 0 saturated heterocycles. The van der Waals surface area contributed by atoms with Crippen LogP contribution in [0.15, 0.2) is 0 Å². The Labute approximate surface area is 85.2 Å². The van der Waals surface area contributed by atoms with Crippen molar-refractivity contribution in [1.29, 1.82) is 0 Å². The van der Waals surface area contributed by atoms with Crippen molar-refractivity contribution in [3.8, 4) is 0 Å². The lowest BCUT2D eigenvalue weighted by atomic mass is 10.4. The van der Waals surface area contributed by atoms with Gasteiger partial charge in [-0.25, -0.2) is 0 Å². The van der Waals surface area contributed by atoms with Crippen LogP contribution >= 0.6 is 0 Å². The Morgan fingerprint density at radius 3 is 1.67 bits per heavy atom. The van der Waals surface area contributed by atoms with Gasteiger partial charge in [0.05, 0.1) is 27.7 Å². The highest BCUT2D eigenvalue weighted by molar-refractivity contribution is 6.76. The fraction of sp³-hybridized carbons (Fsp3) is 1.00. The van der Waals surface area contributed by atoms with Crippen molar-refractivity contribution in [1.82, 2.24) is 0 Å². The monoisotopic (exact) mass is 209 g/mol. The van der Waals surface area contributed by atoms with E-state index in [4.69, 9.17) is 0 Å². The Balaban J connectivity index is 0. The highest BCUT2D eigenvalue weighted by Crippen LogP contribution is 2.11. The van der Waals surface area contributed by atoms with Gasteiger partial charge >= 0.3 is 0 Å². The van der Waals surface area contributed by atoms with Crippen LogP contribution in [0.4, 0.5) is 0 Å². The fourth-order valence-electron chi connectivity index (χ4n) is 1.08. The van der Waals surface area contributed by atoms with Crippen LogP contribution in [-0.4, -0.2) is 40.2 Å². The van der Waals surface area contributed by atoms with Crippen LogP contribution < -0.4 is 12.4 Å². The van der Waals surface area contributed by atoms with Crippen LogP contribution in [-0.2, 0) is 0 Å². The van der Waals surface area contributed by atoms with Crippen LogP contribution in [0.3, 0.4) is 0 Å². The van der Waals surface area contributed by atoms with E-state index in [1.54, 1.807) is 0 Å². The molecule has 0 aromatic rings. The molecule has 12 heavy (non-hydrogen) atoms. The van der Waals surface area contributed by atoms with E-state index in [0.29, 0.717) is 0 Å². The first kappa shape index (κ1) is 15.0. The zero-order valence-electron chi connectivity index (χ0n) is 9.45. The number of rotatable bonds is 4. The largest absolute Gasteiger partial charge is 1.00 e. The van der Waals surface area contributed by atoms with Crippen molar-refractivity contribution >= 4 is 8.07 Å². The van der Waals surface area contributed by atoms with Gasteiger partial charge in [0, 0.05) is 8.07 Å². The quantitative estimate of drug-likeness (QED) is 0.430. The van der Waals surface area contributed by atoms with E-state index in [-0.39, 0.29) is 12.4 Å². The standard InChI is InChI=1S/C9H24NSi.ClH/c1-10(2,3)8-7-9-11(4,5)6;/h7-9H2,1-6H3;1H/q+1;/p-1. The van der Waals surface area contributed by atoms with Gasteiger partial charge in [-0.15, -0.1) is 0 Å². The third-order valence-electron chi connectivity index (χ3n) is 1.76. The lowest BCUT2D eigenvalue weighted by Gasteiger charge is -2.25. The molecule has 0 aromatic heterocycles. The van der Waals surface area contributed by atoms with E-state index >= 15 is 0 Å². The first-order chi connectivity index (χ1) is 4.71. The molecule has 0 spiro atoms. The summed E-state index contributed by atoms with van der Waals surface area (Å²) >= 11 is 0. The molecule has 0 amide bonds. The average Bonchev–Trinajstić information content (AvgIpc) is 1.55. The maximum absolute atomic E-state index is 2.45. The topological polar surface area (TPSA) is 0 Å². The Bertz CT molecular complexity index is 98.7. The predicted molar refractivity (Wildman–Crippen MR) is 55.7 cm³/mol. The van der Waals surface area contributed by atoms with Crippen LogP contribution in [0.1, 0.15) is 6.42 Å². The molecule has 76 valence electrons. The van der Waals surface area contributed by atoms with Crippen molar-refractivity contribution in [2.24, 2.45) is 0 Å². The van der Waals surface area contributed by atoms with Crippen LogP contribution in [0.25, 0.3) is 0 Å². The van der Waals surface area contributed by atoms with Gasteiger partial charge in [0.2, 0.25) is 0 Å². The van der Waals surface area contributed by atoms with Gasteiger partial charge in [0.1, 0.15) is 0 Å².